The van der Waals surface area contributed by atoms with Crippen LogP contribution in [0.15, 0.2) is 42.5 Å². The lowest BCUT2D eigenvalue weighted by Crippen LogP contribution is -2.49. The fourth-order valence-electron chi connectivity index (χ4n) is 3.04. The number of anilines is 1. The van der Waals surface area contributed by atoms with Gasteiger partial charge in [-0.05, 0) is 36.4 Å². The van der Waals surface area contributed by atoms with Crippen LogP contribution in [-0.4, -0.2) is 41.9 Å². The van der Waals surface area contributed by atoms with Gasteiger partial charge in [0.25, 0.3) is 11.6 Å². The average molecular weight is 414 g/mol. The van der Waals surface area contributed by atoms with E-state index in [1.807, 2.05) is 0 Å². The molecule has 0 unspecified atom stereocenters. The highest BCUT2D eigenvalue weighted by molar-refractivity contribution is 6.30. The van der Waals surface area contributed by atoms with Gasteiger partial charge in [0.1, 0.15) is 5.69 Å². The van der Waals surface area contributed by atoms with Crippen LogP contribution >= 0.6 is 11.6 Å². The van der Waals surface area contributed by atoms with Crippen molar-refractivity contribution in [3.63, 3.8) is 0 Å². The van der Waals surface area contributed by atoms with E-state index in [9.17, 15) is 28.1 Å². The number of benzene rings is 2. The zero-order chi connectivity index (χ0) is 20.5. The van der Waals surface area contributed by atoms with E-state index in [1.165, 1.54) is 0 Å². The van der Waals surface area contributed by atoms with E-state index in [2.05, 4.69) is 0 Å². The largest absolute Gasteiger partial charge is 0.416 e. The summed E-state index contributed by atoms with van der Waals surface area (Å²) < 4.78 is 38.5. The molecule has 0 aromatic heterocycles. The van der Waals surface area contributed by atoms with Crippen molar-refractivity contribution in [2.75, 3.05) is 31.1 Å². The van der Waals surface area contributed by atoms with Crippen molar-refractivity contribution in [1.29, 1.82) is 0 Å². The van der Waals surface area contributed by atoms with Gasteiger partial charge in [-0.15, -0.1) is 0 Å². The van der Waals surface area contributed by atoms with E-state index >= 15 is 0 Å². The maximum Gasteiger partial charge on any atom is 0.416 e. The molecule has 1 saturated heterocycles. The summed E-state index contributed by atoms with van der Waals surface area (Å²) in [6.45, 7) is 1.12. The minimum Gasteiger partial charge on any atom is -0.362 e. The summed E-state index contributed by atoms with van der Waals surface area (Å²) in [7, 11) is 0. The first-order valence-corrected chi connectivity index (χ1v) is 8.70. The van der Waals surface area contributed by atoms with Crippen LogP contribution in [0.3, 0.4) is 0 Å². The van der Waals surface area contributed by atoms with Gasteiger partial charge < -0.3 is 9.80 Å². The van der Waals surface area contributed by atoms with Crippen LogP contribution in [0.25, 0.3) is 0 Å². The van der Waals surface area contributed by atoms with Gasteiger partial charge in [-0.1, -0.05) is 11.6 Å². The molecule has 0 aliphatic carbocycles. The number of amides is 1. The average Bonchev–Trinajstić information content (AvgIpc) is 2.67. The molecule has 2 aromatic carbocycles. The summed E-state index contributed by atoms with van der Waals surface area (Å²) in [6, 6.07) is 8.91. The van der Waals surface area contributed by atoms with Crippen LogP contribution in [0.5, 0.6) is 0 Å². The zero-order valence-corrected chi connectivity index (χ0v) is 15.2. The molecular formula is C18H15ClF3N3O3. The Hall–Kier alpha value is -2.81. The third-order valence-electron chi connectivity index (χ3n) is 4.50. The van der Waals surface area contributed by atoms with E-state index in [0.717, 1.165) is 12.1 Å². The highest BCUT2D eigenvalue weighted by Crippen LogP contribution is 2.36. The van der Waals surface area contributed by atoms with Gasteiger partial charge in [0.2, 0.25) is 0 Å². The number of hydrogen-bond acceptors (Lipinski definition) is 4. The molecule has 1 heterocycles. The molecule has 0 radical (unpaired) electrons. The molecule has 10 heteroatoms. The van der Waals surface area contributed by atoms with E-state index in [1.54, 1.807) is 34.1 Å². The second-order valence-corrected chi connectivity index (χ2v) is 6.68. The van der Waals surface area contributed by atoms with Gasteiger partial charge in [0.05, 0.1) is 10.5 Å². The second kappa shape index (κ2) is 7.67. The summed E-state index contributed by atoms with van der Waals surface area (Å²) in [5, 5.41) is 11.8. The quantitative estimate of drug-likeness (QED) is 0.558. The first-order chi connectivity index (χ1) is 13.2. The number of carbonyl (C=O) groups excluding carboxylic acids is 1. The maximum atomic E-state index is 12.8. The van der Waals surface area contributed by atoms with Crippen LogP contribution in [0, 0.1) is 10.1 Å². The lowest BCUT2D eigenvalue weighted by Gasteiger charge is -2.36. The van der Waals surface area contributed by atoms with Gasteiger partial charge in [0.15, 0.2) is 0 Å². The van der Waals surface area contributed by atoms with Crippen molar-refractivity contribution in [2.45, 2.75) is 6.18 Å². The molecule has 0 spiro atoms. The Kier molecular flexibility index (Phi) is 5.46. The van der Waals surface area contributed by atoms with E-state index in [0.29, 0.717) is 29.7 Å². The molecule has 6 nitrogen and oxygen atoms in total. The lowest BCUT2D eigenvalue weighted by atomic mass is 10.1. The Morgan fingerprint density at radius 3 is 2.18 bits per heavy atom. The highest BCUT2D eigenvalue weighted by atomic mass is 35.5. The fourth-order valence-corrected chi connectivity index (χ4v) is 3.16. The molecule has 0 saturated carbocycles. The molecule has 28 heavy (non-hydrogen) atoms. The van der Waals surface area contributed by atoms with Crippen molar-refractivity contribution >= 4 is 28.9 Å². The minimum atomic E-state index is -4.66. The van der Waals surface area contributed by atoms with Gasteiger partial charge in [0, 0.05) is 42.8 Å². The Labute approximate surface area is 163 Å². The van der Waals surface area contributed by atoms with E-state index < -0.39 is 22.4 Å². The van der Waals surface area contributed by atoms with Gasteiger partial charge in [-0.25, -0.2) is 0 Å². The molecule has 148 valence electrons. The first-order valence-electron chi connectivity index (χ1n) is 8.32. The number of nitro benzene ring substituents is 1. The van der Waals surface area contributed by atoms with E-state index in [-0.39, 0.29) is 24.7 Å². The van der Waals surface area contributed by atoms with Crippen LogP contribution in [0.1, 0.15) is 15.9 Å². The van der Waals surface area contributed by atoms with Crippen molar-refractivity contribution in [3.05, 3.63) is 68.7 Å². The van der Waals surface area contributed by atoms with Crippen molar-refractivity contribution in [1.82, 2.24) is 4.90 Å². The summed E-state index contributed by atoms with van der Waals surface area (Å²) in [4.78, 5) is 26.2. The third-order valence-corrected chi connectivity index (χ3v) is 4.75. The number of nitrogens with zero attached hydrogens (tertiary/aromatic N) is 3. The van der Waals surface area contributed by atoms with Crippen molar-refractivity contribution in [2.24, 2.45) is 0 Å². The van der Waals surface area contributed by atoms with Crippen LogP contribution in [0.4, 0.5) is 24.5 Å². The number of rotatable bonds is 3. The SMILES string of the molecule is O=C(c1ccc(Cl)cc1)N1CCN(c2ccc(C(F)(F)F)cc2[N+](=O)[O-])CC1. The number of nitro groups is 1. The second-order valence-electron chi connectivity index (χ2n) is 6.24. The van der Waals surface area contributed by atoms with Crippen LogP contribution < -0.4 is 4.90 Å². The van der Waals surface area contributed by atoms with E-state index in [4.69, 9.17) is 11.6 Å². The van der Waals surface area contributed by atoms with Gasteiger partial charge in [-0.2, -0.15) is 13.2 Å². The Morgan fingerprint density at radius 2 is 1.64 bits per heavy atom. The molecule has 1 amide bonds. The fraction of sp³-hybridized carbons (Fsp3) is 0.278. The highest BCUT2D eigenvalue weighted by Gasteiger charge is 2.34. The van der Waals surface area contributed by atoms with Gasteiger partial charge >= 0.3 is 6.18 Å². The van der Waals surface area contributed by atoms with Crippen molar-refractivity contribution < 1.29 is 22.9 Å². The summed E-state index contributed by atoms with van der Waals surface area (Å²) in [5.41, 5.74) is -1.10. The molecule has 1 aliphatic heterocycles. The third kappa shape index (κ3) is 4.19. The number of piperazine rings is 1. The maximum absolute atomic E-state index is 12.8. The number of hydrogen-bond donors (Lipinski definition) is 0. The Bertz CT molecular complexity index is 895. The summed E-state index contributed by atoms with van der Waals surface area (Å²) >= 11 is 5.81. The summed E-state index contributed by atoms with van der Waals surface area (Å²) in [5.74, 6) is -0.196. The topological polar surface area (TPSA) is 66.7 Å². The number of carbonyl (C=O) groups is 1. The Balaban J connectivity index is 1.75. The first kappa shape index (κ1) is 19.9. The monoisotopic (exact) mass is 413 g/mol. The molecule has 0 atom stereocenters. The van der Waals surface area contributed by atoms with Gasteiger partial charge in [-0.3, -0.25) is 14.9 Å². The Morgan fingerprint density at radius 1 is 1.04 bits per heavy atom. The zero-order valence-electron chi connectivity index (χ0n) is 14.4. The van der Waals surface area contributed by atoms with Crippen LogP contribution in [0.2, 0.25) is 5.02 Å². The predicted octanol–water partition coefficient (Wildman–Crippen LogP) is 4.23. The molecule has 3 rings (SSSR count). The number of alkyl halides is 3. The summed E-state index contributed by atoms with van der Waals surface area (Å²) in [6.07, 6.45) is -4.66. The van der Waals surface area contributed by atoms with Crippen LogP contribution in [-0.2, 0) is 6.18 Å². The molecular weight excluding hydrogens is 399 g/mol. The minimum absolute atomic E-state index is 0.108. The number of halogens is 4. The standard InChI is InChI=1S/C18H15ClF3N3O3/c19-14-4-1-12(2-5-14)17(26)24-9-7-23(8-10-24)15-6-3-13(18(20,21)22)11-16(15)25(27)28/h1-6,11H,7-10H2. The molecule has 1 fully saturated rings. The predicted molar refractivity (Wildman–Crippen MR) is 97.7 cm³/mol. The lowest BCUT2D eigenvalue weighted by molar-refractivity contribution is -0.384. The molecule has 0 bridgehead atoms. The molecule has 2 aromatic rings. The normalized spacial score (nSPS) is 14.9. The molecule has 0 N–H and O–H groups in total. The van der Waals surface area contributed by atoms with Crippen molar-refractivity contribution in [3.8, 4) is 0 Å². The smallest absolute Gasteiger partial charge is 0.362 e. The molecule has 1 aliphatic rings.